The van der Waals surface area contributed by atoms with Crippen molar-refractivity contribution < 1.29 is 9.72 Å². The van der Waals surface area contributed by atoms with Crippen LogP contribution in [0.25, 0.3) is 11.3 Å². The molecule has 8 heteroatoms. The first-order valence-electron chi connectivity index (χ1n) is 6.55. The highest BCUT2D eigenvalue weighted by Crippen LogP contribution is 2.24. The number of carbonyl (C=O) groups is 1. The molecule has 0 saturated carbocycles. The summed E-state index contributed by atoms with van der Waals surface area (Å²) in [5, 5.41) is 15.6. The molecule has 1 amide bonds. The van der Waals surface area contributed by atoms with Gasteiger partial charge in [0.15, 0.2) is 5.13 Å². The van der Waals surface area contributed by atoms with Gasteiger partial charge in [0.05, 0.1) is 10.6 Å². The van der Waals surface area contributed by atoms with Crippen molar-refractivity contribution in [2.24, 2.45) is 0 Å². The van der Waals surface area contributed by atoms with Gasteiger partial charge in [0.1, 0.15) is 0 Å². The van der Waals surface area contributed by atoms with E-state index in [1.54, 1.807) is 12.4 Å². The molecule has 7 nitrogen and oxygen atoms in total. The van der Waals surface area contributed by atoms with Crippen molar-refractivity contribution in [2.45, 2.75) is 0 Å². The van der Waals surface area contributed by atoms with E-state index in [1.165, 1.54) is 35.6 Å². The Kier molecular flexibility index (Phi) is 4.07. The van der Waals surface area contributed by atoms with Gasteiger partial charge < -0.3 is 0 Å². The van der Waals surface area contributed by atoms with Crippen LogP contribution in [0, 0.1) is 10.1 Å². The van der Waals surface area contributed by atoms with E-state index in [0.29, 0.717) is 10.7 Å². The van der Waals surface area contributed by atoms with Crippen molar-refractivity contribution in [3.8, 4) is 11.3 Å². The Morgan fingerprint density at radius 1 is 1.22 bits per heavy atom. The number of thiazole rings is 1. The molecular formula is C15H10N4O3S. The summed E-state index contributed by atoms with van der Waals surface area (Å²) in [6.45, 7) is 0. The average molecular weight is 326 g/mol. The Hall–Kier alpha value is -3.13. The van der Waals surface area contributed by atoms with E-state index >= 15 is 0 Å². The second-order valence-electron chi connectivity index (χ2n) is 4.54. The maximum atomic E-state index is 12.1. The number of amides is 1. The van der Waals surface area contributed by atoms with Crippen LogP contribution in [0.15, 0.2) is 54.2 Å². The summed E-state index contributed by atoms with van der Waals surface area (Å²) in [6.07, 6.45) is 3.37. The van der Waals surface area contributed by atoms with Gasteiger partial charge in [-0.15, -0.1) is 11.3 Å². The third-order valence-corrected chi connectivity index (χ3v) is 3.78. The van der Waals surface area contributed by atoms with Crippen molar-refractivity contribution in [1.82, 2.24) is 9.97 Å². The third kappa shape index (κ3) is 3.38. The fraction of sp³-hybridized carbons (Fsp3) is 0. The molecule has 114 valence electrons. The van der Waals surface area contributed by atoms with E-state index in [4.69, 9.17) is 0 Å². The highest BCUT2D eigenvalue weighted by atomic mass is 32.1. The first kappa shape index (κ1) is 14.8. The lowest BCUT2D eigenvalue weighted by Crippen LogP contribution is -2.11. The van der Waals surface area contributed by atoms with Crippen LogP contribution in [0.1, 0.15) is 10.4 Å². The number of aromatic nitrogens is 2. The number of benzene rings is 1. The Labute approximate surface area is 134 Å². The van der Waals surface area contributed by atoms with Gasteiger partial charge >= 0.3 is 0 Å². The van der Waals surface area contributed by atoms with E-state index in [9.17, 15) is 14.9 Å². The van der Waals surface area contributed by atoms with Crippen LogP contribution in [0.4, 0.5) is 10.8 Å². The zero-order chi connectivity index (χ0) is 16.2. The number of pyridine rings is 1. The number of nitro groups is 1. The number of non-ortho nitro benzene ring substituents is 1. The first-order valence-corrected chi connectivity index (χ1v) is 7.43. The zero-order valence-corrected chi connectivity index (χ0v) is 12.5. The molecule has 3 rings (SSSR count). The van der Waals surface area contributed by atoms with Crippen LogP contribution in [0.2, 0.25) is 0 Å². The van der Waals surface area contributed by atoms with Crippen LogP contribution in [-0.4, -0.2) is 20.8 Å². The molecule has 0 radical (unpaired) electrons. The number of anilines is 1. The summed E-state index contributed by atoms with van der Waals surface area (Å²) in [6, 6.07) is 9.08. The van der Waals surface area contributed by atoms with Crippen molar-refractivity contribution in [3.05, 3.63) is 69.8 Å². The Morgan fingerprint density at radius 3 is 2.65 bits per heavy atom. The number of nitro benzene ring substituents is 1. The van der Waals surface area contributed by atoms with Crippen LogP contribution >= 0.6 is 11.3 Å². The van der Waals surface area contributed by atoms with E-state index in [2.05, 4.69) is 15.3 Å². The van der Waals surface area contributed by atoms with E-state index in [0.717, 1.165) is 11.3 Å². The summed E-state index contributed by atoms with van der Waals surface area (Å²) in [4.78, 5) is 30.6. The molecule has 0 atom stereocenters. The van der Waals surface area contributed by atoms with Gasteiger partial charge in [-0.25, -0.2) is 4.98 Å². The van der Waals surface area contributed by atoms with Crippen LogP contribution in [0.3, 0.4) is 0 Å². The van der Waals surface area contributed by atoms with E-state index in [-0.39, 0.29) is 11.6 Å². The van der Waals surface area contributed by atoms with Gasteiger partial charge in [0.25, 0.3) is 11.6 Å². The van der Waals surface area contributed by atoms with Crippen molar-refractivity contribution in [1.29, 1.82) is 0 Å². The molecule has 0 aliphatic heterocycles. The first-order chi connectivity index (χ1) is 11.1. The SMILES string of the molecule is O=C(Nc1nc(-c2cccnc2)cs1)c1ccc([N+](=O)[O-])cc1. The lowest BCUT2D eigenvalue weighted by molar-refractivity contribution is -0.384. The normalized spacial score (nSPS) is 10.3. The standard InChI is InChI=1S/C15H10N4O3S/c20-14(10-3-5-12(6-4-10)19(21)22)18-15-17-13(9-23-15)11-2-1-7-16-8-11/h1-9H,(H,17,18,20). The van der Waals surface area contributed by atoms with Crippen LogP contribution in [-0.2, 0) is 0 Å². The number of hydrogen-bond donors (Lipinski definition) is 1. The monoisotopic (exact) mass is 326 g/mol. The van der Waals surface area contributed by atoms with E-state index < -0.39 is 4.92 Å². The molecule has 0 unspecified atom stereocenters. The van der Waals surface area contributed by atoms with Gasteiger partial charge in [-0.3, -0.25) is 25.2 Å². The highest BCUT2D eigenvalue weighted by Gasteiger charge is 2.12. The number of rotatable bonds is 4. The Balaban J connectivity index is 1.73. The maximum absolute atomic E-state index is 12.1. The topological polar surface area (TPSA) is 98.0 Å². The highest BCUT2D eigenvalue weighted by molar-refractivity contribution is 7.14. The Bertz CT molecular complexity index is 847. The molecule has 0 fully saturated rings. The summed E-state index contributed by atoms with van der Waals surface area (Å²) >= 11 is 1.30. The molecule has 0 aliphatic rings. The minimum absolute atomic E-state index is 0.0605. The molecule has 0 spiro atoms. The van der Waals surface area contributed by atoms with Crippen LogP contribution in [0.5, 0.6) is 0 Å². The minimum atomic E-state index is -0.511. The lowest BCUT2D eigenvalue weighted by Gasteiger charge is -2.01. The fourth-order valence-electron chi connectivity index (χ4n) is 1.88. The molecule has 1 N–H and O–H groups in total. The summed E-state index contributed by atoms with van der Waals surface area (Å²) in [5.74, 6) is -0.369. The summed E-state index contributed by atoms with van der Waals surface area (Å²) in [7, 11) is 0. The van der Waals surface area contributed by atoms with Gasteiger partial charge in [-0.1, -0.05) is 0 Å². The van der Waals surface area contributed by atoms with Gasteiger partial charge in [-0.2, -0.15) is 0 Å². The fourth-order valence-corrected chi connectivity index (χ4v) is 2.60. The number of nitrogens with zero attached hydrogens (tertiary/aromatic N) is 3. The summed E-state index contributed by atoms with van der Waals surface area (Å²) in [5.41, 5.74) is 1.85. The molecule has 0 bridgehead atoms. The molecule has 2 heterocycles. The summed E-state index contributed by atoms with van der Waals surface area (Å²) < 4.78 is 0. The van der Waals surface area contributed by atoms with Crippen LogP contribution < -0.4 is 5.32 Å². The largest absolute Gasteiger partial charge is 0.298 e. The zero-order valence-electron chi connectivity index (χ0n) is 11.7. The number of hydrogen-bond acceptors (Lipinski definition) is 6. The van der Waals surface area contributed by atoms with Gasteiger partial charge in [-0.05, 0) is 24.3 Å². The molecule has 2 aromatic heterocycles. The molecule has 23 heavy (non-hydrogen) atoms. The lowest BCUT2D eigenvalue weighted by atomic mass is 10.2. The minimum Gasteiger partial charge on any atom is -0.298 e. The van der Waals surface area contributed by atoms with Gasteiger partial charge in [0, 0.05) is 41.0 Å². The molecule has 0 saturated heterocycles. The smallest absolute Gasteiger partial charge is 0.269 e. The molecule has 1 aromatic carbocycles. The Morgan fingerprint density at radius 2 is 2.00 bits per heavy atom. The van der Waals surface area contributed by atoms with Crippen molar-refractivity contribution in [3.63, 3.8) is 0 Å². The molecular weight excluding hydrogens is 316 g/mol. The predicted octanol–water partition coefficient (Wildman–Crippen LogP) is 3.37. The second kappa shape index (κ2) is 6.32. The van der Waals surface area contributed by atoms with E-state index in [1.807, 2.05) is 17.5 Å². The number of carbonyl (C=O) groups excluding carboxylic acids is 1. The quantitative estimate of drug-likeness (QED) is 0.585. The molecule has 3 aromatic rings. The third-order valence-electron chi connectivity index (χ3n) is 3.02. The van der Waals surface area contributed by atoms with Gasteiger partial charge in [0.2, 0.25) is 0 Å². The van der Waals surface area contributed by atoms with Crippen molar-refractivity contribution in [2.75, 3.05) is 5.32 Å². The molecule has 0 aliphatic carbocycles. The average Bonchev–Trinajstić information content (AvgIpc) is 3.04. The second-order valence-corrected chi connectivity index (χ2v) is 5.40. The van der Waals surface area contributed by atoms with Crippen molar-refractivity contribution >= 4 is 28.1 Å². The maximum Gasteiger partial charge on any atom is 0.269 e. The number of nitrogens with one attached hydrogen (secondary N) is 1. The predicted molar refractivity (Wildman–Crippen MR) is 86.4 cm³/mol.